The van der Waals surface area contributed by atoms with Gasteiger partial charge in [-0.2, -0.15) is 0 Å². The van der Waals surface area contributed by atoms with E-state index in [1.54, 1.807) is 0 Å². The van der Waals surface area contributed by atoms with Crippen molar-refractivity contribution in [2.45, 2.75) is 18.6 Å². The van der Waals surface area contributed by atoms with Gasteiger partial charge in [-0.15, -0.1) is 0 Å². The van der Waals surface area contributed by atoms with Crippen LogP contribution in [0.2, 0.25) is 0 Å². The van der Waals surface area contributed by atoms with Crippen molar-refractivity contribution < 1.29 is 24.2 Å². The summed E-state index contributed by atoms with van der Waals surface area (Å²) in [6, 6.07) is 4.19. The van der Waals surface area contributed by atoms with Gasteiger partial charge >= 0.3 is 0 Å². The molecule has 110 valence electrons. The summed E-state index contributed by atoms with van der Waals surface area (Å²) >= 11 is 0. The summed E-state index contributed by atoms with van der Waals surface area (Å²) in [5, 5.41) is 19.7. The van der Waals surface area contributed by atoms with E-state index < -0.39 is 30.0 Å². The highest BCUT2D eigenvalue weighted by Gasteiger charge is 2.21. The summed E-state index contributed by atoms with van der Waals surface area (Å²) in [6.07, 6.45) is -1.77. The van der Waals surface area contributed by atoms with Gasteiger partial charge in [0.2, 0.25) is 11.3 Å². The number of aliphatic hydroxyl groups excluding tert-OH is 2. The Balaban J connectivity index is 2.46. The highest BCUT2D eigenvalue weighted by Crippen LogP contribution is 2.22. The van der Waals surface area contributed by atoms with Gasteiger partial charge < -0.3 is 20.4 Å². The van der Waals surface area contributed by atoms with E-state index in [-0.39, 0.29) is 22.1 Å². The molecule has 0 aliphatic rings. The molecule has 2 unspecified atom stereocenters. The largest absolute Gasteiger partial charge is 0.463 e. The third-order valence-corrected chi connectivity index (χ3v) is 3.07. The normalized spacial score (nSPS) is 13.8. The van der Waals surface area contributed by atoms with Crippen LogP contribution in [-0.4, -0.2) is 28.5 Å². The van der Waals surface area contributed by atoms with E-state index in [0.29, 0.717) is 6.29 Å². The number of aliphatic hydroxyl groups is 2. The van der Waals surface area contributed by atoms with Crippen LogP contribution in [0.15, 0.2) is 33.7 Å². The van der Waals surface area contributed by atoms with Gasteiger partial charge in [0.15, 0.2) is 6.29 Å². The number of fused-ring (bicyclic) bond motifs is 1. The van der Waals surface area contributed by atoms with Crippen LogP contribution >= 0.6 is 0 Å². The first-order valence-electron chi connectivity index (χ1n) is 6.09. The molecule has 0 radical (unpaired) electrons. The zero-order valence-electron chi connectivity index (χ0n) is 10.9. The molecule has 21 heavy (non-hydrogen) atoms. The lowest BCUT2D eigenvalue weighted by atomic mass is 10.00. The van der Waals surface area contributed by atoms with Gasteiger partial charge in [-0.05, 0) is 17.7 Å². The van der Waals surface area contributed by atoms with Gasteiger partial charge in [0.05, 0.1) is 23.5 Å². The molecule has 0 fully saturated rings. The molecule has 1 amide bonds. The number of aldehydes is 1. The molecule has 1 heterocycles. The minimum absolute atomic E-state index is 0.0995. The fraction of sp³-hybridized carbons (Fsp3) is 0.214. The molecule has 2 rings (SSSR count). The third-order valence-electron chi connectivity index (χ3n) is 3.07. The molecule has 0 saturated carbocycles. The highest BCUT2D eigenvalue weighted by atomic mass is 16.3. The van der Waals surface area contributed by atoms with Crippen molar-refractivity contribution in [2.24, 2.45) is 5.73 Å². The second kappa shape index (κ2) is 5.86. The van der Waals surface area contributed by atoms with Crippen molar-refractivity contribution in [3.05, 3.63) is 45.8 Å². The van der Waals surface area contributed by atoms with E-state index in [0.717, 1.165) is 6.26 Å². The number of rotatable bonds is 5. The van der Waals surface area contributed by atoms with E-state index >= 15 is 0 Å². The lowest BCUT2D eigenvalue weighted by Gasteiger charge is -2.17. The van der Waals surface area contributed by atoms with E-state index in [1.807, 2.05) is 0 Å². The van der Waals surface area contributed by atoms with Gasteiger partial charge in [-0.3, -0.25) is 14.4 Å². The molecule has 1 aromatic heterocycles. The van der Waals surface area contributed by atoms with Crippen LogP contribution in [0.5, 0.6) is 0 Å². The van der Waals surface area contributed by atoms with Crippen molar-refractivity contribution in [1.29, 1.82) is 0 Å². The zero-order valence-corrected chi connectivity index (χ0v) is 10.9. The molecule has 0 bridgehead atoms. The predicted molar refractivity (Wildman–Crippen MR) is 72.6 cm³/mol. The fourth-order valence-electron chi connectivity index (χ4n) is 1.97. The highest BCUT2D eigenvalue weighted by molar-refractivity contribution is 5.84. The van der Waals surface area contributed by atoms with Gasteiger partial charge in [0.25, 0.3) is 0 Å². The number of amides is 1. The minimum Gasteiger partial charge on any atom is -0.463 e. The van der Waals surface area contributed by atoms with E-state index in [1.165, 1.54) is 18.2 Å². The van der Waals surface area contributed by atoms with Gasteiger partial charge in [0.1, 0.15) is 18.0 Å². The number of hydrogen-bond acceptors (Lipinski definition) is 6. The van der Waals surface area contributed by atoms with E-state index in [2.05, 4.69) is 0 Å². The quantitative estimate of drug-likeness (QED) is 0.658. The van der Waals surface area contributed by atoms with Crippen molar-refractivity contribution in [2.75, 3.05) is 0 Å². The van der Waals surface area contributed by atoms with Crippen LogP contribution < -0.4 is 11.2 Å². The van der Waals surface area contributed by atoms with Crippen LogP contribution in [0, 0.1) is 0 Å². The lowest BCUT2D eigenvalue weighted by molar-refractivity contribution is -0.121. The SMILES string of the molecule is NC(=O)CC(O)C(O)c1ccc2occ(C=O)c(=O)c2c1. The monoisotopic (exact) mass is 291 g/mol. The first-order chi connectivity index (χ1) is 9.93. The molecule has 0 spiro atoms. The predicted octanol–water partition coefficient (Wildman–Crippen LogP) is -0.125. The Kier molecular flexibility index (Phi) is 4.15. The van der Waals surface area contributed by atoms with Gasteiger partial charge in [0, 0.05) is 0 Å². The number of primary amides is 1. The average Bonchev–Trinajstić information content (AvgIpc) is 2.46. The topological polar surface area (TPSA) is 131 Å². The summed E-state index contributed by atoms with van der Waals surface area (Å²) in [5.41, 5.74) is 4.72. The lowest BCUT2D eigenvalue weighted by Crippen LogP contribution is -2.25. The number of carbonyl (C=O) groups excluding carboxylic acids is 2. The summed E-state index contributed by atoms with van der Waals surface area (Å²) in [4.78, 5) is 33.4. The third kappa shape index (κ3) is 2.99. The molecule has 2 aromatic rings. The zero-order chi connectivity index (χ0) is 15.6. The number of benzene rings is 1. The molecule has 7 nitrogen and oxygen atoms in total. The molecular formula is C14H13NO6. The molecular weight excluding hydrogens is 278 g/mol. The van der Waals surface area contributed by atoms with Gasteiger partial charge in [-0.1, -0.05) is 6.07 Å². The molecule has 4 N–H and O–H groups in total. The van der Waals surface area contributed by atoms with Crippen molar-refractivity contribution in [3.8, 4) is 0 Å². The Bertz CT molecular complexity index is 751. The van der Waals surface area contributed by atoms with Crippen molar-refractivity contribution in [3.63, 3.8) is 0 Å². The Morgan fingerprint density at radius 3 is 2.71 bits per heavy atom. The maximum atomic E-state index is 12.0. The number of hydrogen-bond donors (Lipinski definition) is 3. The molecule has 1 aromatic carbocycles. The first-order valence-corrected chi connectivity index (χ1v) is 6.09. The minimum atomic E-state index is -1.39. The number of carbonyl (C=O) groups is 2. The van der Waals surface area contributed by atoms with Crippen molar-refractivity contribution in [1.82, 2.24) is 0 Å². The van der Waals surface area contributed by atoms with E-state index in [9.17, 15) is 24.6 Å². The van der Waals surface area contributed by atoms with Crippen LogP contribution in [0.1, 0.15) is 28.4 Å². The average molecular weight is 291 g/mol. The Morgan fingerprint density at radius 1 is 1.38 bits per heavy atom. The van der Waals surface area contributed by atoms with Crippen LogP contribution in [-0.2, 0) is 4.79 Å². The summed E-state index contributed by atoms with van der Waals surface area (Å²) < 4.78 is 5.12. The standard InChI is InChI=1S/C14H13NO6/c15-12(18)4-10(17)14(20)7-1-2-11-9(3-7)13(19)8(5-16)6-21-11/h1-3,5-6,10,14,17,20H,4H2,(H2,15,18). The summed E-state index contributed by atoms with van der Waals surface area (Å²) in [7, 11) is 0. The molecule has 7 heteroatoms. The first kappa shape index (κ1) is 14.9. The number of nitrogens with two attached hydrogens (primary N) is 1. The second-order valence-corrected chi connectivity index (χ2v) is 4.58. The van der Waals surface area contributed by atoms with Crippen molar-refractivity contribution >= 4 is 23.2 Å². The Hall–Kier alpha value is -2.51. The molecule has 0 aliphatic heterocycles. The smallest absolute Gasteiger partial charge is 0.220 e. The maximum absolute atomic E-state index is 12.0. The van der Waals surface area contributed by atoms with Crippen LogP contribution in [0.25, 0.3) is 11.0 Å². The molecule has 0 saturated heterocycles. The summed E-state index contributed by atoms with van der Waals surface area (Å²) in [5.74, 6) is -0.759. The molecule has 0 aliphatic carbocycles. The Morgan fingerprint density at radius 2 is 2.10 bits per heavy atom. The van der Waals surface area contributed by atoms with Crippen LogP contribution in [0.3, 0.4) is 0 Å². The fourth-order valence-corrected chi connectivity index (χ4v) is 1.97. The van der Waals surface area contributed by atoms with Crippen LogP contribution in [0.4, 0.5) is 0 Å². The Labute approximate surface area is 118 Å². The molecule has 2 atom stereocenters. The maximum Gasteiger partial charge on any atom is 0.220 e. The van der Waals surface area contributed by atoms with E-state index in [4.69, 9.17) is 10.2 Å². The summed E-state index contributed by atoms with van der Waals surface area (Å²) in [6.45, 7) is 0. The second-order valence-electron chi connectivity index (χ2n) is 4.58. The van der Waals surface area contributed by atoms with Gasteiger partial charge in [-0.25, -0.2) is 0 Å².